The molecule has 0 aliphatic rings. The van der Waals surface area contributed by atoms with Gasteiger partial charge in [0, 0.05) is 18.3 Å². The van der Waals surface area contributed by atoms with Crippen molar-refractivity contribution in [1.82, 2.24) is 4.98 Å². The number of pyridine rings is 1. The van der Waals surface area contributed by atoms with Crippen LogP contribution in [0.4, 0.5) is 5.82 Å². The Morgan fingerprint density at radius 2 is 1.86 bits per heavy atom. The number of unbranched alkanes of at least 4 members (excludes halogenated alkanes) is 3. The molecule has 22 heavy (non-hydrogen) atoms. The van der Waals surface area contributed by atoms with Crippen LogP contribution >= 0.6 is 0 Å². The second-order valence-corrected chi connectivity index (χ2v) is 5.55. The molecule has 0 atom stereocenters. The van der Waals surface area contributed by atoms with Crippen molar-refractivity contribution >= 4 is 5.82 Å². The first-order valence-corrected chi connectivity index (χ1v) is 7.96. The molecule has 0 bridgehead atoms. The average molecular weight is 293 g/mol. The Kier molecular flexibility index (Phi) is 5.97. The van der Waals surface area contributed by atoms with Gasteiger partial charge in [0.15, 0.2) is 0 Å². The third kappa shape index (κ3) is 4.08. The summed E-state index contributed by atoms with van der Waals surface area (Å²) in [7, 11) is 0. The fourth-order valence-electron chi connectivity index (χ4n) is 2.44. The van der Waals surface area contributed by atoms with Crippen molar-refractivity contribution in [3.8, 4) is 17.2 Å². The Bertz CT molecular complexity index is 639. The van der Waals surface area contributed by atoms with Gasteiger partial charge in [-0.2, -0.15) is 5.26 Å². The van der Waals surface area contributed by atoms with Crippen LogP contribution in [0.15, 0.2) is 36.5 Å². The van der Waals surface area contributed by atoms with Crippen LogP contribution in [0, 0.1) is 18.3 Å². The maximum absolute atomic E-state index is 9.53. The number of aromatic nitrogens is 1. The third-order valence-electron chi connectivity index (χ3n) is 3.75. The van der Waals surface area contributed by atoms with Crippen LogP contribution in [0.2, 0.25) is 0 Å². The van der Waals surface area contributed by atoms with Gasteiger partial charge < -0.3 is 5.32 Å². The minimum atomic E-state index is 0.627. The van der Waals surface area contributed by atoms with Gasteiger partial charge in [0.2, 0.25) is 0 Å². The van der Waals surface area contributed by atoms with Crippen molar-refractivity contribution in [3.05, 3.63) is 47.7 Å². The molecule has 0 unspecified atom stereocenters. The summed E-state index contributed by atoms with van der Waals surface area (Å²) in [5, 5.41) is 12.8. The molecule has 0 aliphatic heterocycles. The van der Waals surface area contributed by atoms with Crippen LogP contribution in [-0.2, 0) is 0 Å². The molecular formula is C19H23N3. The number of nitrogens with zero attached hydrogens (tertiary/aromatic N) is 2. The Labute approximate surface area is 133 Å². The van der Waals surface area contributed by atoms with Crippen LogP contribution in [0.1, 0.15) is 43.7 Å². The molecule has 2 aromatic rings. The van der Waals surface area contributed by atoms with E-state index in [-0.39, 0.29) is 0 Å². The first-order valence-electron chi connectivity index (χ1n) is 7.96. The summed E-state index contributed by atoms with van der Waals surface area (Å²) in [6.07, 6.45) is 6.57. The standard InChI is InChI=1S/C19H23N3/c1-3-4-5-6-12-21-19-18(14-20)17(11-13-22-19)16-9-7-15(2)8-10-16/h7-11,13H,3-6,12H2,1-2H3,(H,21,22). The van der Waals surface area contributed by atoms with E-state index in [0.717, 1.165) is 24.1 Å². The molecule has 0 aliphatic carbocycles. The molecule has 1 N–H and O–H groups in total. The van der Waals surface area contributed by atoms with Crippen molar-refractivity contribution in [2.24, 2.45) is 0 Å². The van der Waals surface area contributed by atoms with Crippen LogP contribution in [0.25, 0.3) is 11.1 Å². The quantitative estimate of drug-likeness (QED) is 0.737. The van der Waals surface area contributed by atoms with E-state index in [2.05, 4.69) is 54.5 Å². The van der Waals surface area contributed by atoms with Gasteiger partial charge in [-0.05, 0) is 25.0 Å². The summed E-state index contributed by atoms with van der Waals surface area (Å²) >= 11 is 0. The molecule has 1 heterocycles. The highest BCUT2D eigenvalue weighted by Crippen LogP contribution is 2.27. The molecule has 114 valence electrons. The summed E-state index contributed by atoms with van der Waals surface area (Å²) in [6.45, 7) is 5.12. The van der Waals surface area contributed by atoms with Crippen molar-refractivity contribution in [2.75, 3.05) is 11.9 Å². The van der Waals surface area contributed by atoms with E-state index in [9.17, 15) is 5.26 Å². The second-order valence-electron chi connectivity index (χ2n) is 5.55. The monoisotopic (exact) mass is 293 g/mol. The Hall–Kier alpha value is -2.34. The number of aryl methyl sites for hydroxylation is 1. The number of rotatable bonds is 7. The van der Waals surface area contributed by atoms with Gasteiger partial charge in [-0.1, -0.05) is 56.0 Å². The number of nitriles is 1. The van der Waals surface area contributed by atoms with Gasteiger partial charge >= 0.3 is 0 Å². The SMILES string of the molecule is CCCCCCNc1nccc(-c2ccc(C)cc2)c1C#N. The summed E-state index contributed by atoms with van der Waals surface area (Å²) < 4.78 is 0. The fraction of sp³-hybridized carbons (Fsp3) is 0.368. The van der Waals surface area contributed by atoms with Crippen LogP contribution in [0.3, 0.4) is 0 Å². The van der Waals surface area contributed by atoms with E-state index < -0.39 is 0 Å². The van der Waals surface area contributed by atoms with Gasteiger partial charge in [-0.3, -0.25) is 0 Å². The number of hydrogen-bond acceptors (Lipinski definition) is 3. The lowest BCUT2D eigenvalue weighted by Gasteiger charge is -2.11. The van der Waals surface area contributed by atoms with Gasteiger partial charge in [0.1, 0.15) is 17.5 Å². The van der Waals surface area contributed by atoms with Gasteiger partial charge in [0.25, 0.3) is 0 Å². The lowest BCUT2D eigenvalue weighted by molar-refractivity contribution is 0.684. The van der Waals surface area contributed by atoms with Gasteiger partial charge in [0.05, 0.1) is 0 Å². The zero-order chi connectivity index (χ0) is 15.8. The molecule has 0 saturated carbocycles. The fourth-order valence-corrected chi connectivity index (χ4v) is 2.44. The third-order valence-corrected chi connectivity index (χ3v) is 3.75. The molecule has 0 amide bonds. The van der Waals surface area contributed by atoms with Crippen molar-refractivity contribution in [3.63, 3.8) is 0 Å². The van der Waals surface area contributed by atoms with E-state index >= 15 is 0 Å². The second kappa shape index (κ2) is 8.19. The number of benzene rings is 1. The van der Waals surface area contributed by atoms with Crippen LogP contribution in [0.5, 0.6) is 0 Å². The highest BCUT2D eigenvalue weighted by Gasteiger charge is 2.10. The lowest BCUT2D eigenvalue weighted by Crippen LogP contribution is -2.06. The average Bonchev–Trinajstić information content (AvgIpc) is 2.55. The summed E-state index contributed by atoms with van der Waals surface area (Å²) in [6, 6.07) is 12.4. The van der Waals surface area contributed by atoms with Crippen molar-refractivity contribution in [2.45, 2.75) is 39.5 Å². The Morgan fingerprint density at radius 3 is 2.55 bits per heavy atom. The van der Waals surface area contributed by atoms with Crippen molar-refractivity contribution < 1.29 is 0 Å². The number of hydrogen-bond donors (Lipinski definition) is 1. The molecule has 2 rings (SSSR count). The highest BCUT2D eigenvalue weighted by atomic mass is 15.0. The molecule has 0 saturated heterocycles. The van der Waals surface area contributed by atoms with Crippen LogP contribution in [-0.4, -0.2) is 11.5 Å². The predicted octanol–water partition coefficient (Wildman–Crippen LogP) is 4.92. The van der Waals surface area contributed by atoms with E-state index in [0.29, 0.717) is 11.4 Å². The molecular weight excluding hydrogens is 270 g/mol. The van der Waals surface area contributed by atoms with Gasteiger partial charge in [-0.25, -0.2) is 4.98 Å². The summed E-state index contributed by atoms with van der Waals surface area (Å²) in [4.78, 5) is 4.34. The first kappa shape index (κ1) is 16.0. The van der Waals surface area contributed by atoms with Gasteiger partial charge in [-0.15, -0.1) is 0 Å². The van der Waals surface area contributed by atoms with E-state index in [1.54, 1.807) is 6.20 Å². The predicted molar refractivity (Wildman–Crippen MR) is 91.8 cm³/mol. The Morgan fingerprint density at radius 1 is 1.09 bits per heavy atom. The topological polar surface area (TPSA) is 48.7 Å². The Balaban J connectivity index is 2.17. The van der Waals surface area contributed by atoms with E-state index in [1.165, 1.54) is 24.8 Å². The molecule has 0 fully saturated rings. The van der Waals surface area contributed by atoms with E-state index in [4.69, 9.17) is 0 Å². The summed E-state index contributed by atoms with van der Waals surface area (Å²) in [5.74, 6) is 0.692. The zero-order valence-electron chi connectivity index (χ0n) is 13.4. The zero-order valence-corrected chi connectivity index (χ0v) is 13.4. The summed E-state index contributed by atoms with van der Waals surface area (Å²) in [5.41, 5.74) is 3.83. The molecule has 0 radical (unpaired) electrons. The number of anilines is 1. The normalized spacial score (nSPS) is 10.2. The smallest absolute Gasteiger partial charge is 0.144 e. The minimum absolute atomic E-state index is 0.627. The number of nitrogens with one attached hydrogen (secondary N) is 1. The molecule has 0 spiro atoms. The first-order chi connectivity index (χ1) is 10.8. The largest absolute Gasteiger partial charge is 0.369 e. The van der Waals surface area contributed by atoms with Crippen molar-refractivity contribution in [1.29, 1.82) is 5.26 Å². The lowest BCUT2D eigenvalue weighted by atomic mass is 10.0. The highest BCUT2D eigenvalue weighted by molar-refractivity contribution is 5.75. The minimum Gasteiger partial charge on any atom is -0.369 e. The molecule has 3 heteroatoms. The molecule has 1 aromatic carbocycles. The molecule has 1 aromatic heterocycles. The van der Waals surface area contributed by atoms with Crippen LogP contribution < -0.4 is 5.32 Å². The maximum atomic E-state index is 9.53. The maximum Gasteiger partial charge on any atom is 0.144 e. The molecule has 3 nitrogen and oxygen atoms in total. The van der Waals surface area contributed by atoms with E-state index in [1.807, 2.05) is 6.07 Å².